The summed E-state index contributed by atoms with van der Waals surface area (Å²) in [5.41, 5.74) is 1.30. The minimum atomic E-state index is -4.85. The maximum Gasteiger partial charge on any atom is 0.573 e. The average molecular weight is 598 g/mol. The van der Waals surface area contributed by atoms with Gasteiger partial charge in [-0.25, -0.2) is 9.78 Å². The number of carbonyl (C=O) groups is 1. The first-order chi connectivity index (χ1) is 20.7. The molecule has 3 aromatic heterocycles. The summed E-state index contributed by atoms with van der Waals surface area (Å²) in [6.45, 7) is 0.144. The fourth-order valence-electron chi connectivity index (χ4n) is 6.09. The van der Waals surface area contributed by atoms with Crippen LogP contribution in [0, 0.1) is 0 Å². The van der Waals surface area contributed by atoms with Gasteiger partial charge in [0.05, 0.1) is 12.7 Å². The lowest BCUT2D eigenvalue weighted by atomic mass is 9.99. The van der Waals surface area contributed by atoms with Crippen molar-refractivity contribution in [1.82, 2.24) is 20.3 Å². The first kappa shape index (κ1) is 27.4. The van der Waals surface area contributed by atoms with E-state index in [4.69, 9.17) is 13.7 Å². The highest BCUT2D eigenvalue weighted by atomic mass is 19.4. The number of carboxylic acids is 1. The molecule has 2 aliphatic heterocycles. The second kappa shape index (κ2) is 10.7. The summed E-state index contributed by atoms with van der Waals surface area (Å²) in [7, 11) is 0. The second-order valence-electron chi connectivity index (χ2n) is 11.0. The van der Waals surface area contributed by atoms with Gasteiger partial charge in [0, 0.05) is 29.1 Å². The number of anilines is 1. The van der Waals surface area contributed by atoms with Crippen LogP contribution in [0.3, 0.4) is 0 Å². The molecule has 1 unspecified atom stereocenters. The van der Waals surface area contributed by atoms with E-state index in [1.807, 2.05) is 0 Å². The molecule has 1 aliphatic carbocycles. The minimum Gasteiger partial charge on any atom is -0.477 e. The first-order valence-electron chi connectivity index (χ1n) is 14.0. The van der Waals surface area contributed by atoms with Crippen molar-refractivity contribution in [2.45, 2.75) is 75.6 Å². The zero-order chi connectivity index (χ0) is 29.7. The molecular weight excluding hydrogens is 571 g/mol. The maximum absolute atomic E-state index is 13.1. The van der Waals surface area contributed by atoms with Crippen molar-refractivity contribution in [1.29, 1.82) is 0 Å². The number of aromatic nitrogens is 4. The van der Waals surface area contributed by atoms with Crippen LogP contribution in [0.1, 0.15) is 66.3 Å². The van der Waals surface area contributed by atoms with Crippen LogP contribution in [-0.4, -0.2) is 56.0 Å². The number of alkyl halides is 3. The molecule has 1 saturated carbocycles. The summed E-state index contributed by atoms with van der Waals surface area (Å²) in [5.74, 6) is -0.536. The normalized spacial score (nSPS) is 21.7. The van der Waals surface area contributed by atoms with E-state index in [1.54, 1.807) is 18.2 Å². The molecule has 3 fully saturated rings. The largest absolute Gasteiger partial charge is 0.573 e. The van der Waals surface area contributed by atoms with Crippen LogP contribution < -0.4 is 9.64 Å². The molecule has 3 atom stereocenters. The zero-order valence-electron chi connectivity index (χ0n) is 22.7. The van der Waals surface area contributed by atoms with Crippen LogP contribution in [0.15, 0.2) is 51.4 Å². The molecule has 43 heavy (non-hydrogen) atoms. The number of pyridine rings is 1. The number of piperidine rings is 1. The van der Waals surface area contributed by atoms with Gasteiger partial charge < -0.3 is 28.4 Å². The Hall–Kier alpha value is -4.46. The second-order valence-corrected chi connectivity index (χ2v) is 11.0. The predicted octanol–water partition coefficient (Wildman–Crippen LogP) is 5.98. The number of para-hydroxylation sites is 1. The molecule has 4 aromatic rings. The van der Waals surface area contributed by atoms with Crippen molar-refractivity contribution in [3.05, 3.63) is 59.5 Å². The van der Waals surface area contributed by atoms with E-state index in [2.05, 4.69) is 30.0 Å². The van der Waals surface area contributed by atoms with Gasteiger partial charge in [-0.1, -0.05) is 28.5 Å². The Kier molecular flexibility index (Phi) is 6.79. The highest BCUT2D eigenvalue weighted by Gasteiger charge is 2.44. The molecule has 2 saturated heterocycles. The SMILES string of the molecule is O=C(O)c1cccc(-c2nnc(N3[C@@H]4CC[C@H]3CC(OCc3c(-c5ccccc5OC(F)(F)F)noc3C3CC3)C4)o2)n1. The third-order valence-corrected chi connectivity index (χ3v) is 8.11. The first-order valence-corrected chi connectivity index (χ1v) is 14.0. The van der Waals surface area contributed by atoms with Crippen LogP contribution in [0.25, 0.3) is 22.8 Å². The quantitative estimate of drug-likeness (QED) is 0.244. The van der Waals surface area contributed by atoms with Crippen LogP contribution >= 0.6 is 0 Å². The Labute approximate surface area is 242 Å². The fourth-order valence-corrected chi connectivity index (χ4v) is 6.09. The van der Waals surface area contributed by atoms with Crippen molar-refractivity contribution < 1.29 is 41.5 Å². The number of halogens is 3. The molecule has 0 amide bonds. The Bertz CT molecular complexity index is 1640. The number of benzene rings is 1. The van der Waals surface area contributed by atoms with Crippen molar-refractivity contribution in [2.75, 3.05) is 4.90 Å². The molecule has 2 bridgehead atoms. The van der Waals surface area contributed by atoms with E-state index in [1.165, 1.54) is 24.3 Å². The maximum atomic E-state index is 13.1. The van der Waals surface area contributed by atoms with Gasteiger partial charge in [0.25, 0.3) is 5.89 Å². The van der Waals surface area contributed by atoms with Gasteiger partial charge in [0.15, 0.2) is 0 Å². The van der Waals surface area contributed by atoms with Gasteiger partial charge in [-0.15, -0.1) is 18.3 Å². The van der Waals surface area contributed by atoms with Gasteiger partial charge >= 0.3 is 18.3 Å². The number of hydrogen-bond donors (Lipinski definition) is 1. The molecule has 3 aliphatic rings. The number of hydrogen-bond acceptors (Lipinski definition) is 10. The number of fused-ring (bicyclic) bond motifs is 2. The average Bonchev–Trinajstić information content (AvgIpc) is 3.44. The van der Waals surface area contributed by atoms with Crippen molar-refractivity contribution in [2.24, 2.45) is 0 Å². The summed E-state index contributed by atoms with van der Waals surface area (Å²) in [5, 5.41) is 21.7. The van der Waals surface area contributed by atoms with Gasteiger partial charge in [-0.2, -0.15) is 0 Å². The van der Waals surface area contributed by atoms with Crippen molar-refractivity contribution >= 4 is 12.0 Å². The van der Waals surface area contributed by atoms with Gasteiger partial charge in [-0.05, 0) is 62.8 Å². The predicted molar refractivity (Wildman–Crippen MR) is 142 cm³/mol. The lowest BCUT2D eigenvalue weighted by Gasteiger charge is -2.37. The number of rotatable bonds is 9. The van der Waals surface area contributed by atoms with E-state index in [0.717, 1.165) is 25.7 Å². The molecule has 0 spiro atoms. The molecular formula is C29H26F3N5O6. The van der Waals surface area contributed by atoms with E-state index in [9.17, 15) is 23.1 Å². The molecule has 1 aromatic carbocycles. The van der Waals surface area contributed by atoms with E-state index >= 15 is 0 Å². The van der Waals surface area contributed by atoms with Crippen LogP contribution in [0.5, 0.6) is 5.75 Å². The Balaban J connectivity index is 1.07. The van der Waals surface area contributed by atoms with Crippen LogP contribution in [-0.2, 0) is 11.3 Å². The smallest absolute Gasteiger partial charge is 0.477 e. The van der Waals surface area contributed by atoms with Gasteiger partial charge in [-0.3, -0.25) is 0 Å². The van der Waals surface area contributed by atoms with Crippen molar-refractivity contribution in [3.63, 3.8) is 0 Å². The Morgan fingerprint density at radius 3 is 2.51 bits per heavy atom. The Morgan fingerprint density at radius 2 is 1.79 bits per heavy atom. The molecule has 5 heterocycles. The number of ether oxygens (including phenoxy) is 2. The number of aromatic carboxylic acids is 1. The lowest BCUT2D eigenvalue weighted by molar-refractivity contribution is -0.274. The topological polar surface area (TPSA) is 137 Å². The third-order valence-electron chi connectivity index (χ3n) is 8.11. The summed E-state index contributed by atoms with van der Waals surface area (Å²) in [6, 6.07) is 11.0. The third kappa shape index (κ3) is 5.54. The van der Waals surface area contributed by atoms with Crippen molar-refractivity contribution in [3.8, 4) is 28.6 Å². The molecule has 224 valence electrons. The minimum absolute atomic E-state index is 0.0844. The number of carboxylic acid groups (broad SMARTS) is 1. The fraction of sp³-hybridized carbons (Fsp3) is 0.414. The van der Waals surface area contributed by atoms with E-state index < -0.39 is 12.3 Å². The summed E-state index contributed by atoms with van der Waals surface area (Å²) >= 11 is 0. The summed E-state index contributed by atoms with van der Waals surface area (Å²) in [4.78, 5) is 17.5. The molecule has 11 nitrogen and oxygen atoms in total. The molecule has 14 heteroatoms. The molecule has 1 N–H and O–H groups in total. The van der Waals surface area contributed by atoms with Gasteiger partial charge in [0.2, 0.25) is 0 Å². The summed E-state index contributed by atoms with van der Waals surface area (Å²) in [6.07, 6.45) is 0.0805. The van der Waals surface area contributed by atoms with Crippen LogP contribution in [0.4, 0.5) is 19.2 Å². The highest BCUT2D eigenvalue weighted by Crippen LogP contribution is 2.46. The highest BCUT2D eigenvalue weighted by molar-refractivity contribution is 5.85. The lowest BCUT2D eigenvalue weighted by Crippen LogP contribution is -2.45. The molecule has 0 radical (unpaired) electrons. The zero-order valence-corrected chi connectivity index (χ0v) is 22.7. The molecule has 7 rings (SSSR count). The van der Waals surface area contributed by atoms with Gasteiger partial charge in [0.1, 0.15) is 28.6 Å². The Morgan fingerprint density at radius 1 is 1.02 bits per heavy atom. The van der Waals surface area contributed by atoms with E-state index in [0.29, 0.717) is 35.9 Å². The van der Waals surface area contributed by atoms with Crippen LogP contribution in [0.2, 0.25) is 0 Å². The monoisotopic (exact) mass is 597 g/mol. The standard InChI is InChI=1S/C29H26F3N5O6/c30-29(31,32)42-23-7-2-1-4-19(23)24-20(25(43-36-24)15-8-9-15)14-40-18-12-16-10-11-17(13-18)37(16)28-35-34-26(41-28)21-5-3-6-22(33-21)27(38)39/h1-7,15-18H,8-14H2,(H,38,39)/t16-,17+,18?. The van der Waals surface area contributed by atoms with E-state index in [-0.39, 0.29) is 59.3 Å². The number of nitrogens with zero attached hydrogens (tertiary/aromatic N) is 5. The summed E-state index contributed by atoms with van der Waals surface area (Å²) < 4.78 is 61.6.